The molecule has 0 bridgehead atoms. The Morgan fingerprint density at radius 1 is 1.47 bits per heavy atom. The molecule has 0 fully saturated rings. The molecule has 2 rings (SSSR count). The zero-order valence-electron chi connectivity index (χ0n) is 8.75. The van der Waals surface area contributed by atoms with Crippen molar-refractivity contribution in [1.29, 1.82) is 5.26 Å². The van der Waals surface area contributed by atoms with E-state index in [2.05, 4.69) is 36.6 Å². The van der Waals surface area contributed by atoms with E-state index in [0.29, 0.717) is 5.75 Å². The largest absolute Gasteiger partial charge is 0.508 e. The Bertz CT molecular complexity index is 488. The number of hydrogen-bond donors (Lipinski definition) is 2. The molecule has 2 aromatic rings. The first-order valence-corrected chi connectivity index (χ1v) is 5.17. The van der Waals surface area contributed by atoms with Crippen LogP contribution in [0.5, 0.6) is 17.5 Å². The number of benzene rings is 1. The third kappa shape index (κ3) is 4.48. The second-order valence-electron chi connectivity index (χ2n) is 2.90. The van der Waals surface area contributed by atoms with Gasteiger partial charge in [0.15, 0.2) is 0 Å². The van der Waals surface area contributed by atoms with Gasteiger partial charge in [-0.1, -0.05) is 5.10 Å². The smallest absolute Gasteiger partial charge is 0.338 e. The van der Waals surface area contributed by atoms with E-state index < -0.39 is 0 Å². The zero-order valence-corrected chi connectivity index (χ0v) is 10.3. The summed E-state index contributed by atoms with van der Waals surface area (Å²) in [6.45, 7) is 1.85. The maximum atomic E-state index is 9.28. The van der Waals surface area contributed by atoms with Gasteiger partial charge in [0.1, 0.15) is 16.5 Å². The fraction of sp³-hybridized carbons (Fsp3) is 0.111. The second kappa shape index (κ2) is 6.44. The molecule has 7 nitrogen and oxygen atoms in total. The van der Waals surface area contributed by atoms with Crippen LogP contribution in [-0.2, 0) is 0 Å². The van der Waals surface area contributed by atoms with Gasteiger partial charge in [-0.2, -0.15) is 5.26 Å². The summed E-state index contributed by atoms with van der Waals surface area (Å²) in [5.41, 5.74) is 0.896. The molecule has 0 radical (unpaired) electrons. The first kappa shape index (κ1) is 12.9. The van der Waals surface area contributed by atoms with Gasteiger partial charge >= 0.3 is 6.01 Å². The monoisotopic (exact) mass is 297 g/mol. The van der Waals surface area contributed by atoms with Crippen molar-refractivity contribution in [1.82, 2.24) is 20.6 Å². The molecule has 0 atom stereocenters. The molecule has 0 aliphatic heterocycles. The Balaban J connectivity index is 0.000000437. The number of nitriles is 1. The summed E-state index contributed by atoms with van der Waals surface area (Å²) in [6.07, 6.45) is 0. The highest BCUT2D eigenvalue weighted by Crippen LogP contribution is 2.23. The minimum absolute atomic E-state index is 0.146. The van der Waals surface area contributed by atoms with Crippen molar-refractivity contribution in [2.75, 3.05) is 0 Å². The number of H-pyrrole nitrogens is 1. The standard InChI is InChI=1S/C8H8N4O2.CBrN/c1-5-2-6(13)4-7(3-5)14-8-9-11-12-10-8;2-1-3/h2-4,13H,1H3,(H,9,10,11,12);. The van der Waals surface area contributed by atoms with E-state index in [1.54, 1.807) is 17.1 Å². The first-order valence-electron chi connectivity index (χ1n) is 4.37. The van der Waals surface area contributed by atoms with Gasteiger partial charge in [-0.3, -0.25) is 0 Å². The molecule has 0 saturated heterocycles. The summed E-state index contributed by atoms with van der Waals surface area (Å²) in [5.74, 6) is 0.633. The van der Waals surface area contributed by atoms with E-state index in [1.165, 1.54) is 6.07 Å². The van der Waals surface area contributed by atoms with Crippen molar-refractivity contribution in [2.24, 2.45) is 0 Å². The summed E-state index contributed by atoms with van der Waals surface area (Å²) in [4.78, 5) is 1.56. The van der Waals surface area contributed by atoms with Crippen molar-refractivity contribution in [2.45, 2.75) is 6.92 Å². The van der Waals surface area contributed by atoms with E-state index in [1.807, 2.05) is 6.92 Å². The lowest BCUT2D eigenvalue weighted by Crippen LogP contribution is -1.87. The lowest BCUT2D eigenvalue weighted by atomic mass is 10.2. The number of hydrogen-bond acceptors (Lipinski definition) is 6. The van der Waals surface area contributed by atoms with Crippen LogP contribution in [0.1, 0.15) is 5.56 Å². The van der Waals surface area contributed by atoms with Crippen molar-refractivity contribution < 1.29 is 9.84 Å². The number of aromatic amines is 1. The highest BCUT2D eigenvalue weighted by molar-refractivity contribution is 9.12. The van der Waals surface area contributed by atoms with E-state index in [0.717, 1.165) is 5.56 Å². The fourth-order valence-electron chi connectivity index (χ4n) is 1.09. The normalized spacial score (nSPS) is 8.76. The van der Waals surface area contributed by atoms with E-state index in [9.17, 15) is 5.11 Å². The molecule has 0 amide bonds. The van der Waals surface area contributed by atoms with Crippen LogP contribution in [0, 0.1) is 17.2 Å². The maximum Gasteiger partial charge on any atom is 0.338 e. The van der Waals surface area contributed by atoms with Crippen LogP contribution in [0.4, 0.5) is 0 Å². The summed E-state index contributed by atoms with van der Waals surface area (Å²) < 4.78 is 5.23. The molecule has 0 aliphatic carbocycles. The molecule has 0 saturated carbocycles. The first-order chi connectivity index (χ1) is 8.15. The Morgan fingerprint density at radius 2 is 2.18 bits per heavy atom. The molecule has 17 heavy (non-hydrogen) atoms. The van der Waals surface area contributed by atoms with E-state index in [4.69, 9.17) is 10.00 Å². The number of tetrazole rings is 1. The third-order valence-corrected chi connectivity index (χ3v) is 1.58. The Labute approximate surface area is 105 Å². The van der Waals surface area contributed by atoms with Crippen molar-refractivity contribution in [3.05, 3.63) is 23.8 Å². The van der Waals surface area contributed by atoms with Crippen LogP contribution >= 0.6 is 15.9 Å². The topological polar surface area (TPSA) is 108 Å². The predicted octanol–water partition coefficient (Wildman–Crippen LogP) is 1.87. The van der Waals surface area contributed by atoms with Crippen LogP contribution < -0.4 is 4.74 Å². The van der Waals surface area contributed by atoms with Crippen LogP contribution in [-0.4, -0.2) is 25.7 Å². The van der Waals surface area contributed by atoms with Crippen molar-refractivity contribution in [3.63, 3.8) is 0 Å². The number of rotatable bonds is 2. The molecule has 8 heteroatoms. The quantitative estimate of drug-likeness (QED) is 0.876. The highest BCUT2D eigenvalue weighted by Gasteiger charge is 2.02. The fourth-order valence-corrected chi connectivity index (χ4v) is 1.09. The molecule has 2 N–H and O–H groups in total. The summed E-state index contributed by atoms with van der Waals surface area (Å²) in [7, 11) is 0. The SMILES string of the molecule is Cc1cc(O)cc(Oc2nnn[nH]2)c1.N#CBr. The van der Waals surface area contributed by atoms with Crippen LogP contribution in [0.2, 0.25) is 0 Å². The Hall–Kier alpha value is -2.14. The molecule has 88 valence electrons. The molecule has 1 aromatic carbocycles. The number of phenolic OH excluding ortho intramolecular Hbond substituents is 1. The molecule has 0 aliphatic rings. The van der Waals surface area contributed by atoms with E-state index >= 15 is 0 Å². The molecule has 1 heterocycles. The number of nitrogens with one attached hydrogen (secondary N) is 1. The van der Waals surface area contributed by atoms with Crippen molar-refractivity contribution >= 4 is 15.9 Å². The lowest BCUT2D eigenvalue weighted by Gasteiger charge is -2.02. The minimum Gasteiger partial charge on any atom is -0.508 e. The zero-order chi connectivity index (χ0) is 12.7. The number of halogens is 1. The number of aromatic hydroxyl groups is 1. The number of aromatic nitrogens is 4. The second-order valence-corrected chi connectivity index (χ2v) is 3.25. The van der Waals surface area contributed by atoms with Crippen molar-refractivity contribution in [3.8, 4) is 22.5 Å². The summed E-state index contributed by atoms with van der Waals surface area (Å²) >= 11 is 2.45. The Morgan fingerprint density at radius 3 is 2.71 bits per heavy atom. The minimum atomic E-state index is 0.146. The Kier molecular flexibility index (Phi) is 4.90. The average molecular weight is 298 g/mol. The number of aryl methyl sites for hydroxylation is 1. The number of phenols is 1. The number of ether oxygens (including phenoxy) is 1. The predicted molar refractivity (Wildman–Crippen MR) is 61.6 cm³/mol. The molecular weight excluding hydrogens is 290 g/mol. The molecule has 1 aromatic heterocycles. The summed E-state index contributed by atoms with van der Waals surface area (Å²) in [5, 5.41) is 29.2. The molecule has 0 unspecified atom stereocenters. The van der Waals surface area contributed by atoms with E-state index in [-0.39, 0.29) is 11.8 Å². The maximum absolute atomic E-state index is 9.28. The van der Waals surface area contributed by atoms with Gasteiger partial charge in [0.05, 0.1) is 0 Å². The lowest BCUT2D eigenvalue weighted by molar-refractivity contribution is 0.431. The highest BCUT2D eigenvalue weighted by atomic mass is 79.9. The average Bonchev–Trinajstić information content (AvgIpc) is 2.69. The van der Waals surface area contributed by atoms with Gasteiger partial charge in [0.2, 0.25) is 0 Å². The molecule has 0 spiro atoms. The van der Waals surface area contributed by atoms with Gasteiger partial charge in [-0.05, 0) is 35.0 Å². The van der Waals surface area contributed by atoms with Gasteiger partial charge < -0.3 is 9.84 Å². The van der Waals surface area contributed by atoms with Gasteiger partial charge in [0.25, 0.3) is 0 Å². The van der Waals surface area contributed by atoms with Crippen LogP contribution in [0.25, 0.3) is 0 Å². The number of nitrogens with zero attached hydrogens (tertiary/aromatic N) is 4. The van der Waals surface area contributed by atoms with Crippen LogP contribution in [0.15, 0.2) is 18.2 Å². The third-order valence-electron chi connectivity index (χ3n) is 1.58. The van der Waals surface area contributed by atoms with Gasteiger partial charge in [-0.15, -0.1) is 0 Å². The molecular formula is C9H8BrN5O2. The van der Waals surface area contributed by atoms with Gasteiger partial charge in [0, 0.05) is 22.0 Å². The summed E-state index contributed by atoms with van der Waals surface area (Å²) in [6, 6.07) is 5.07. The van der Waals surface area contributed by atoms with Crippen LogP contribution in [0.3, 0.4) is 0 Å². The van der Waals surface area contributed by atoms with Gasteiger partial charge in [-0.25, -0.2) is 5.10 Å².